The van der Waals surface area contributed by atoms with Gasteiger partial charge in [-0.05, 0) is 25.1 Å². The molecule has 106 valence electrons. The van der Waals surface area contributed by atoms with Gasteiger partial charge in [-0.3, -0.25) is 9.48 Å². The number of nitrogens with one attached hydrogen (secondary N) is 1. The largest absolute Gasteiger partial charge is 0.433 e. The SMILES string of the molecule is Cc1ccn(CC(=O)Nc2ccccc2OC(F)F)n1. The highest BCUT2D eigenvalue weighted by molar-refractivity contribution is 5.92. The first-order valence-electron chi connectivity index (χ1n) is 5.88. The molecule has 20 heavy (non-hydrogen) atoms. The van der Waals surface area contributed by atoms with Crippen LogP contribution < -0.4 is 10.1 Å². The first kappa shape index (κ1) is 14.0. The molecule has 2 rings (SSSR count). The highest BCUT2D eigenvalue weighted by atomic mass is 19.3. The Hall–Kier alpha value is -2.44. The van der Waals surface area contributed by atoms with Crippen molar-refractivity contribution in [1.82, 2.24) is 9.78 Å². The van der Waals surface area contributed by atoms with Gasteiger partial charge in [-0.15, -0.1) is 0 Å². The van der Waals surface area contributed by atoms with Gasteiger partial charge in [0.2, 0.25) is 5.91 Å². The summed E-state index contributed by atoms with van der Waals surface area (Å²) >= 11 is 0. The van der Waals surface area contributed by atoms with E-state index in [0.717, 1.165) is 5.69 Å². The van der Waals surface area contributed by atoms with E-state index in [0.29, 0.717) is 0 Å². The molecule has 0 aliphatic heterocycles. The third kappa shape index (κ3) is 3.78. The predicted molar refractivity (Wildman–Crippen MR) is 68.7 cm³/mol. The molecule has 0 aliphatic rings. The maximum Gasteiger partial charge on any atom is 0.387 e. The maximum atomic E-state index is 12.2. The lowest BCUT2D eigenvalue weighted by atomic mass is 10.3. The number of benzene rings is 1. The van der Waals surface area contributed by atoms with E-state index in [9.17, 15) is 13.6 Å². The van der Waals surface area contributed by atoms with E-state index in [1.807, 2.05) is 0 Å². The van der Waals surface area contributed by atoms with Crippen molar-refractivity contribution in [2.24, 2.45) is 0 Å². The Morgan fingerprint density at radius 1 is 1.40 bits per heavy atom. The number of halogens is 2. The number of carbonyl (C=O) groups excluding carboxylic acids is 1. The highest BCUT2D eigenvalue weighted by Gasteiger charge is 2.11. The fourth-order valence-corrected chi connectivity index (χ4v) is 1.66. The zero-order valence-electron chi connectivity index (χ0n) is 10.7. The van der Waals surface area contributed by atoms with Crippen LogP contribution in [0.2, 0.25) is 0 Å². The molecule has 0 saturated carbocycles. The van der Waals surface area contributed by atoms with Crippen LogP contribution in [-0.2, 0) is 11.3 Å². The third-order valence-electron chi connectivity index (χ3n) is 2.46. The smallest absolute Gasteiger partial charge is 0.387 e. The number of alkyl halides is 2. The standard InChI is InChI=1S/C13H13F2N3O2/c1-9-6-7-18(17-9)8-12(19)16-10-4-2-3-5-11(10)20-13(14)15/h2-7,13H,8H2,1H3,(H,16,19). The summed E-state index contributed by atoms with van der Waals surface area (Å²) in [7, 11) is 0. The number of ether oxygens (including phenoxy) is 1. The molecule has 1 N–H and O–H groups in total. The number of para-hydroxylation sites is 2. The van der Waals surface area contributed by atoms with E-state index in [-0.39, 0.29) is 23.9 Å². The van der Waals surface area contributed by atoms with Crippen LogP contribution in [0.5, 0.6) is 5.75 Å². The Morgan fingerprint density at radius 3 is 2.80 bits per heavy atom. The molecule has 0 atom stereocenters. The molecule has 1 heterocycles. The van der Waals surface area contributed by atoms with Crippen LogP contribution in [0, 0.1) is 6.92 Å². The van der Waals surface area contributed by atoms with Crippen LogP contribution in [0.4, 0.5) is 14.5 Å². The average molecular weight is 281 g/mol. The van der Waals surface area contributed by atoms with Gasteiger partial charge in [0.05, 0.1) is 11.4 Å². The molecule has 1 aromatic carbocycles. The third-order valence-corrected chi connectivity index (χ3v) is 2.46. The van der Waals surface area contributed by atoms with Gasteiger partial charge in [-0.25, -0.2) is 0 Å². The van der Waals surface area contributed by atoms with Gasteiger partial charge in [0.15, 0.2) is 0 Å². The number of aromatic nitrogens is 2. The van der Waals surface area contributed by atoms with Gasteiger partial charge in [0.25, 0.3) is 0 Å². The first-order chi connectivity index (χ1) is 9.54. The Kier molecular flexibility index (Phi) is 4.29. The fourth-order valence-electron chi connectivity index (χ4n) is 1.66. The van der Waals surface area contributed by atoms with Crippen LogP contribution in [-0.4, -0.2) is 22.3 Å². The van der Waals surface area contributed by atoms with Crippen LogP contribution >= 0.6 is 0 Å². The van der Waals surface area contributed by atoms with Gasteiger partial charge < -0.3 is 10.1 Å². The zero-order valence-corrected chi connectivity index (χ0v) is 10.7. The normalized spacial score (nSPS) is 10.6. The zero-order chi connectivity index (χ0) is 14.5. The number of carbonyl (C=O) groups is 1. The van der Waals surface area contributed by atoms with Crippen molar-refractivity contribution in [3.63, 3.8) is 0 Å². The van der Waals surface area contributed by atoms with E-state index in [1.54, 1.807) is 31.3 Å². The second-order valence-electron chi connectivity index (χ2n) is 4.08. The molecule has 5 nitrogen and oxygen atoms in total. The first-order valence-corrected chi connectivity index (χ1v) is 5.88. The van der Waals surface area contributed by atoms with Crippen LogP contribution in [0.1, 0.15) is 5.69 Å². The molecule has 0 fully saturated rings. The van der Waals surface area contributed by atoms with E-state index in [2.05, 4.69) is 15.2 Å². The molecular formula is C13H13F2N3O2. The van der Waals surface area contributed by atoms with Crippen molar-refractivity contribution in [2.75, 3.05) is 5.32 Å². The number of hydrogen-bond acceptors (Lipinski definition) is 3. The van der Waals surface area contributed by atoms with Crippen molar-refractivity contribution >= 4 is 11.6 Å². The van der Waals surface area contributed by atoms with E-state index in [4.69, 9.17) is 0 Å². The fraction of sp³-hybridized carbons (Fsp3) is 0.231. The molecule has 0 aliphatic carbocycles. The number of rotatable bonds is 5. The lowest BCUT2D eigenvalue weighted by Gasteiger charge is -2.11. The molecule has 0 unspecified atom stereocenters. The van der Waals surface area contributed by atoms with Crippen molar-refractivity contribution in [3.05, 3.63) is 42.2 Å². The average Bonchev–Trinajstić information content (AvgIpc) is 2.76. The molecule has 0 saturated heterocycles. The molecule has 1 amide bonds. The van der Waals surface area contributed by atoms with Gasteiger partial charge in [0.1, 0.15) is 12.3 Å². The summed E-state index contributed by atoms with van der Waals surface area (Å²) in [6, 6.07) is 7.78. The van der Waals surface area contributed by atoms with Gasteiger partial charge in [-0.1, -0.05) is 12.1 Å². The molecule has 0 bridgehead atoms. The Bertz CT molecular complexity index is 599. The Labute approximate surface area is 114 Å². The lowest BCUT2D eigenvalue weighted by molar-refractivity contribution is -0.117. The van der Waals surface area contributed by atoms with Crippen LogP contribution in [0.15, 0.2) is 36.5 Å². The minimum absolute atomic E-state index is 0.00312. The van der Waals surface area contributed by atoms with Crippen molar-refractivity contribution in [1.29, 1.82) is 0 Å². The maximum absolute atomic E-state index is 12.2. The summed E-state index contributed by atoms with van der Waals surface area (Å²) in [6.45, 7) is -1.14. The second-order valence-corrected chi connectivity index (χ2v) is 4.08. The second kappa shape index (κ2) is 6.14. The van der Waals surface area contributed by atoms with Gasteiger partial charge >= 0.3 is 6.61 Å². The lowest BCUT2D eigenvalue weighted by Crippen LogP contribution is -2.19. The summed E-state index contributed by atoms with van der Waals surface area (Å²) in [5, 5.41) is 6.58. The molecule has 1 aromatic heterocycles. The molecular weight excluding hydrogens is 268 g/mol. The van der Waals surface area contributed by atoms with Gasteiger partial charge in [0, 0.05) is 6.20 Å². The van der Waals surface area contributed by atoms with E-state index < -0.39 is 6.61 Å². The quantitative estimate of drug-likeness (QED) is 0.915. The Morgan fingerprint density at radius 2 is 2.15 bits per heavy atom. The monoisotopic (exact) mass is 281 g/mol. The number of hydrogen-bond donors (Lipinski definition) is 1. The van der Waals surface area contributed by atoms with Crippen molar-refractivity contribution < 1.29 is 18.3 Å². The number of nitrogens with zero attached hydrogens (tertiary/aromatic N) is 2. The van der Waals surface area contributed by atoms with E-state index >= 15 is 0 Å². The van der Waals surface area contributed by atoms with Crippen molar-refractivity contribution in [3.8, 4) is 5.75 Å². The predicted octanol–water partition coefficient (Wildman–Crippen LogP) is 2.43. The molecule has 0 radical (unpaired) electrons. The van der Waals surface area contributed by atoms with Crippen molar-refractivity contribution in [2.45, 2.75) is 20.1 Å². The highest BCUT2D eigenvalue weighted by Crippen LogP contribution is 2.25. The summed E-state index contributed by atoms with van der Waals surface area (Å²) in [5.41, 5.74) is 0.987. The summed E-state index contributed by atoms with van der Waals surface area (Å²) in [6.07, 6.45) is 1.66. The van der Waals surface area contributed by atoms with Gasteiger partial charge in [-0.2, -0.15) is 13.9 Å². The topological polar surface area (TPSA) is 56.2 Å². The van der Waals surface area contributed by atoms with Crippen LogP contribution in [0.25, 0.3) is 0 Å². The molecule has 2 aromatic rings. The number of aryl methyl sites for hydroxylation is 1. The molecule has 7 heteroatoms. The minimum atomic E-state index is -2.94. The summed E-state index contributed by atoms with van der Waals surface area (Å²) in [5.74, 6) is -0.453. The summed E-state index contributed by atoms with van der Waals surface area (Å²) < 4.78 is 30.3. The number of anilines is 1. The Balaban J connectivity index is 2.04. The van der Waals surface area contributed by atoms with E-state index in [1.165, 1.54) is 16.8 Å². The minimum Gasteiger partial charge on any atom is -0.433 e. The molecule has 0 spiro atoms. The van der Waals surface area contributed by atoms with Crippen LogP contribution in [0.3, 0.4) is 0 Å². The summed E-state index contributed by atoms with van der Waals surface area (Å²) in [4.78, 5) is 11.8. The number of amides is 1.